The van der Waals surface area contributed by atoms with Gasteiger partial charge in [-0.1, -0.05) is 0 Å². The summed E-state index contributed by atoms with van der Waals surface area (Å²) >= 11 is 0. The minimum atomic E-state index is 0.0319. The highest BCUT2D eigenvalue weighted by molar-refractivity contribution is 4.87. The molecule has 0 aliphatic carbocycles. The topological polar surface area (TPSA) is 44.5 Å². The standard InChI is InChI=1S/C11H21NO2/c12-11(5-8-13-9-6-11)4-3-10-2-1-7-14-10/h10H,1-9,12H2. The Bertz CT molecular complexity index is 172. The molecule has 2 N–H and O–H groups in total. The summed E-state index contributed by atoms with van der Waals surface area (Å²) in [5, 5.41) is 0. The average molecular weight is 199 g/mol. The van der Waals surface area contributed by atoms with E-state index in [2.05, 4.69) is 0 Å². The molecule has 3 heteroatoms. The van der Waals surface area contributed by atoms with Crippen molar-refractivity contribution in [3.05, 3.63) is 0 Å². The fourth-order valence-electron chi connectivity index (χ4n) is 2.35. The third kappa shape index (κ3) is 2.69. The Morgan fingerprint density at radius 1 is 1.21 bits per heavy atom. The highest BCUT2D eigenvalue weighted by Gasteiger charge is 2.29. The van der Waals surface area contributed by atoms with E-state index in [-0.39, 0.29) is 5.54 Å². The monoisotopic (exact) mass is 199 g/mol. The molecule has 0 radical (unpaired) electrons. The molecule has 0 spiro atoms. The van der Waals surface area contributed by atoms with Gasteiger partial charge >= 0.3 is 0 Å². The molecular formula is C11H21NO2. The highest BCUT2D eigenvalue weighted by atomic mass is 16.5. The predicted molar refractivity (Wildman–Crippen MR) is 55.2 cm³/mol. The zero-order chi connectivity index (χ0) is 9.86. The van der Waals surface area contributed by atoms with Gasteiger partial charge in [0.05, 0.1) is 6.10 Å². The normalized spacial score (nSPS) is 31.9. The lowest BCUT2D eigenvalue weighted by Gasteiger charge is -2.34. The third-order valence-electron chi connectivity index (χ3n) is 3.48. The molecule has 2 fully saturated rings. The lowest BCUT2D eigenvalue weighted by atomic mass is 9.85. The lowest BCUT2D eigenvalue weighted by molar-refractivity contribution is 0.0389. The van der Waals surface area contributed by atoms with Gasteiger partial charge in [-0.25, -0.2) is 0 Å². The second-order valence-electron chi connectivity index (χ2n) is 4.65. The van der Waals surface area contributed by atoms with Crippen LogP contribution in [0.5, 0.6) is 0 Å². The minimum Gasteiger partial charge on any atom is -0.381 e. The van der Waals surface area contributed by atoms with E-state index < -0.39 is 0 Å². The first-order valence-corrected chi connectivity index (χ1v) is 5.77. The van der Waals surface area contributed by atoms with Gasteiger partial charge in [0.2, 0.25) is 0 Å². The number of ether oxygens (including phenoxy) is 2. The van der Waals surface area contributed by atoms with E-state index in [0.29, 0.717) is 6.10 Å². The Kier molecular flexibility index (Phi) is 3.42. The maximum atomic E-state index is 6.30. The van der Waals surface area contributed by atoms with Crippen molar-refractivity contribution in [2.24, 2.45) is 5.73 Å². The van der Waals surface area contributed by atoms with Crippen LogP contribution in [0.4, 0.5) is 0 Å². The van der Waals surface area contributed by atoms with Crippen LogP contribution in [-0.4, -0.2) is 31.5 Å². The summed E-state index contributed by atoms with van der Waals surface area (Å²) in [4.78, 5) is 0. The summed E-state index contributed by atoms with van der Waals surface area (Å²) in [6, 6.07) is 0. The van der Waals surface area contributed by atoms with Crippen molar-refractivity contribution in [3.8, 4) is 0 Å². The Balaban J connectivity index is 1.72. The molecule has 2 rings (SSSR count). The lowest BCUT2D eigenvalue weighted by Crippen LogP contribution is -2.45. The van der Waals surface area contributed by atoms with Crippen LogP contribution >= 0.6 is 0 Å². The van der Waals surface area contributed by atoms with E-state index in [9.17, 15) is 0 Å². The molecule has 0 amide bonds. The smallest absolute Gasteiger partial charge is 0.0576 e. The van der Waals surface area contributed by atoms with Gasteiger partial charge in [0.1, 0.15) is 0 Å². The molecule has 0 saturated carbocycles. The molecule has 2 aliphatic heterocycles. The first-order valence-electron chi connectivity index (χ1n) is 5.77. The fourth-order valence-corrected chi connectivity index (χ4v) is 2.35. The van der Waals surface area contributed by atoms with Crippen LogP contribution in [0.2, 0.25) is 0 Å². The van der Waals surface area contributed by atoms with E-state index in [0.717, 1.165) is 45.5 Å². The molecule has 2 aliphatic rings. The van der Waals surface area contributed by atoms with Crippen molar-refractivity contribution in [3.63, 3.8) is 0 Å². The Hall–Kier alpha value is -0.120. The van der Waals surface area contributed by atoms with Gasteiger partial charge in [-0.15, -0.1) is 0 Å². The largest absolute Gasteiger partial charge is 0.381 e. The van der Waals surface area contributed by atoms with Gasteiger partial charge < -0.3 is 15.2 Å². The zero-order valence-corrected chi connectivity index (χ0v) is 8.84. The molecule has 0 bridgehead atoms. The third-order valence-corrected chi connectivity index (χ3v) is 3.48. The maximum Gasteiger partial charge on any atom is 0.0576 e. The molecule has 2 saturated heterocycles. The van der Waals surface area contributed by atoms with Crippen molar-refractivity contribution in [1.82, 2.24) is 0 Å². The van der Waals surface area contributed by atoms with Crippen LogP contribution in [-0.2, 0) is 9.47 Å². The van der Waals surface area contributed by atoms with E-state index in [1.807, 2.05) is 0 Å². The van der Waals surface area contributed by atoms with Crippen LogP contribution < -0.4 is 5.73 Å². The van der Waals surface area contributed by atoms with Gasteiger partial charge in [-0.2, -0.15) is 0 Å². The summed E-state index contributed by atoms with van der Waals surface area (Å²) in [6.45, 7) is 2.62. The van der Waals surface area contributed by atoms with E-state index >= 15 is 0 Å². The molecule has 0 aromatic rings. The zero-order valence-electron chi connectivity index (χ0n) is 8.84. The van der Waals surface area contributed by atoms with E-state index in [4.69, 9.17) is 15.2 Å². The summed E-state index contributed by atoms with van der Waals surface area (Å²) in [5.41, 5.74) is 6.33. The fraction of sp³-hybridized carbons (Fsp3) is 1.00. The van der Waals surface area contributed by atoms with Crippen molar-refractivity contribution >= 4 is 0 Å². The summed E-state index contributed by atoms with van der Waals surface area (Å²) < 4.78 is 10.9. The van der Waals surface area contributed by atoms with Gasteiger partial charge in [-0.3, -0.25) is 0 Å². The molecule has 1 unspecified atom stereocenters. The molecule has 82 valence electrons. The summed E-state index contributed by atoms with van der Waals surface area (Å²) in [6.07, 6.45) is 7.20. The second-order valence-corrected chi connectivity index (χ2v) is 4.65. The number of hydrogen-bond acceptors (Lipinski definition) is 3. The molecule has 3 nitrogen and oxygen atoms in total. The quantitative estimate of drug-likeness (QED) is 0.748. The molecule has 0 aromatic carbocycles. The van der Waals surface area contributed by atoms with Crippen LogP contribution in [0, 0.1) is 0 Å². The van der Waals surface area contributed by atoms with Gasteiger partial charge in [0.25, 0.3) is 0 Å². The van der Waals surface area contributed by atoms with Crippen LogP contribution in [0.3, 0.4) is 0 Å². The minimum absolute atomic E-state index is 0.0319. The Morgan fingerprint density at radius 3 is 2.64 bits per heavy atom. The maximum absolute atomic E-state index is 6.30. The number of hydrogen-bond donors (Lipinski definition) is 1. The Labute approximate surface area is 85.9 Å². The summed E-state index contributed by atoms with van der Waals surface area (Å²) in [7, 11) is 0. The highest BCUT2D eigenvalue weighted by Crippen LogP contribution is 2.26. The van der Waals surface area contributed by atoms with Crippen LogP contribution in [0.1, 0.15) is 38.5 Å². The summed E-state index contributed by atoms with van der Waals surface area (Å²) in [5.74, 6) is 0. The van der Waals surface area contributed by atoms with Crippen molar-refractivity contribution in [2.75, 3.05) is 19.8 Å². The molecule has 2 heterocycles. The van der Waals surface area contributed by atoms with Crippen molar-refractivity contribution < 1.29 is 9.47 Å². The Morgan fingerprint density at radius 2 is 2.00 bits per heavy atom. The first-order chi connectivity index (χ1) is 6.79. The number of nitrogens with two attached hydrogens (primary N) is 1. The van der Waals surface area contributed by atoms with Gasteiger partial charge in [0.15, 0.2) is 0 Å². The first kappa shape index (κ1) is 10.4. The van der Waals surface area contributed by atoms with Crippen LogP contribution in [0.25, 0.3) is 0 Å². The number of rotatable bonds is 3. The second kappa shape index (κ2) is 4.60. The van der Waals surface area contributed by atoms with Crippen molar-refractivity contribution in [2.45, 2.75) is 50.2 Å². The van der Waals surface area contributed by atoms with Crippen molar-refractivity contribution in [1.29, 1.82) is 0 Å². The average Bonchev–Trinajstić information content (AvgIpc) is 2.69. The SMILES string of the molecule is NC1(CCC2CCCO2)CCOCC1. The molecular weight excluding hydrogens is 178 g/mol. The van der Waals surface area contributed by atoms with Gasteiger partial charge in [0, 0.05) is 25.4 Å². The molecule has 1 atom stereocenters. The van der Waals surface area contributed by atoms with E-state index in [1.54, 1.807) is 0 Å². The predicted octanol–water partition coefficient (Wildman–Crippen LogP) is 1.45. The van der Waals surface area contributed by atoms with Crippen LogP contribution in [0.15, 0.2) is 0 Å². The molecule has 0 aromatic heterocycles. The van der Waals surface area contributed by atoms with E-state index in [1.165, 1.54) is 12.8 Å². The van der Waals surface area contributed by atoms with Gasteiger partial charge in [-0.05, 0) is 38.5 Å². The molecule has 14 heavy (non-hydrogen) atoms.